The first kappa shape index (κ1) is 88.4. The highest BCUT2D eigenvalue weighted by molar-refractivity contribution is 5.91. The lowest BCUT2D eigenvalue weighted by Crippen LogP contribution is -2.00. The van der Waals surface area contributed by atoms with E-state index in [0.717, 1.165) is 211 Å². The van der Waals surface area contributed by atoms with Crippen molar-refractivity contribution in [3.8, 4) is 258 Å². The molecule has 24 aromatic rings. The minimum Gasteiger partial charge on any atom is -0.456 e. The molecule has 22 aromatic carbocycles. The van der Waals surface area contributed by atoms with Crippen molar-refractivity contribution in [2.45, 2.75) is 0 Å². The first-order chi connectivity index (χ1) is 71.7. The molecule has 0 spiro atoms. The van der Waals surface area contributed by atoms with Crippen LogP contribution in [0.5, 0.6) is 11.5 Å². The van der Waals surface area contributed by atoms with Crippen molar-refractivity contribution in [2.24, 2.45) is 0 Å². The highest BCUT2D eigenvalue weighted by atomic mass is 16.5. The van der Waals surface area contributed by atoms with E-state index in [1.807, 2.05) is 12.1 Å². The van der Waals surface area contributed by atoms with Gasteiger partial charge < -0.3 is 4.74 Å². The molecule has 0 bridgehead atoms. The molecular weight excluding hydrogens is 1760 g/mol. The molecule has 0 amide bonds. The lowest BCUT2D eigenvalue weighted by atomic mass is 9.92. The summed E-state index contributed by atoms with van der Waals surface area (Å²) in [6, 6.07) is 198. The predicted molar refractivity (Wildman–Crippen MR) is 599 cm³/mol. The molecular formula is C138H92N6O. The molecule has 0 aliphatic carbocycles. The van der Waals surface area contributed by atoms with Crippen molar-refractivity contribution >= 4 is 0 Å². The van der Waals surface area contributed by atoms with E-state index in [0.29, 0.717) is 46.4 Å². The van der Waals surface area contributed by atoms with Gasteiger partial charge in [-0.1, -0.05) is 425 Å². The van der Waals surface area contributed by atoms with Crippen LogP contribution in [0.1, 0.15) is 0 Å². The second-order valence-electron chi connectivity index (χ2n) is 36.5. The minimum atomic E-state index is 0.542. The average molecular weight is 1850 g/mol. The topological polar surface area (TPSA) is 86.6 Å². The highest BCUT2D eigenvalue weighted by Gasteiger charge is 2.23. The number of rotatable bonds is 24. The lowest BCUT2D eigenvalue weighted by Gasteiger charge is -2.16. The molecule has 0 saturated carbocycles. The summed E-state index contributed by atoms with van der Waals surface area (Å²) in [7, 11) is 0. The van der Waals surface area contributed by atoms with Crippen LogP contribution in [-0.2, 0) is 0 Å². The van der Waals surface area contributed by atoms with E-state index >= 15 is 0 Å². The van der Waals surface area contributed by atoms with Crippen molar-refractivity contribution in [3.05, 3.63) is 558 Å². The first-order valence-corrected chi connectivity index (χ1v) is 49.0. The van der Waals surface area contributed by atoms with Crippen LogP contribution in [0.4, 0.5) is 0 Å². The molecule has 7 nitrogen and oxygen atoms in total. The molecule has 2 aromatic heterocycles. The standard InChI is InChI=1S/C138H92N6O/c1-9-37-93(38-10-1)117-81-118(94-39-11-2-12-40-94)86-125(85-117)105-57-33-65-113(77-105)135-139-133(140-136(143-135)114-66-34-58-106(78-114)126-87-119(95-41-13-3-14-42-95)82-120(88-126)96-43-15-4-16-44-96)111-63-31-55-103(75-111)101-53-29-61-109(73-101)129-69-25-27-71-131(129)145-132-72-28-26-70-130(132)110-62-30-54-102(74-110)104-56-32-64-112(76-104)134-141-137(115-67-35-59-107(79-115)127-89-121(97-45-17-5-18-46-97)83-122(90-127)98-47-19-6-20-48-98)144-138(142-134)116-68-36-60-108(80-116)128-91-123(99-49-21-7-22-50-99)84-124(92-128)100-51-23-8-24-52-100/h1-92H. The summed E-state index contributed by atoms with van der Waals surface area (Å²) in [5, 5.41) is 0. The quantitative estimate of drug-likeness (QED) is 0.0596. The summed E-state index contributed by atoms with van der Waals surface area (Å²) in [5.74, 6) is 4.71. The number of hydrogen-bond acceptors (Lipinski definition) is 7. The molecule has 0 fully saturated rings. The van der Waals surface area contributed by atoms with Crippen molar-refractivity contribution in [2.75, 3.05) is 0 Å². The average Bonchev–Trinajstić information content (AvgIpc) is 0.789. The van der Waals surface area contributed by atoms with Gasteiger partial charge in [0.2, 0.25) is 0 Å². The van der Waals surface area contributed by atoms with Gasteiger partial charge in [0.1, 0.15) is 11.5 Å². The van der Waals surface area contributed by atoms with Crippen molar-refractivity contribution in [3.63, 3.8) is 0 Å². The van der Waals surface area contributed by atoms with Gasteiger partial charge in [-0.15, -0.1) is 0 Å². The molecule has 0 aliphatic rings. The molecule has 0 aliphatic heterocycles. The van der Waals surface area contributed by atoms with E-state index in [-0.39, 0.29) is 0 Å². The number of para-hydroxylation sites is 2. The van der Waals surface area contributed by atoms with Gasteiger partial charge in [0.25, 0.3) is 0 Å². The van der Waals surface area contributed by atoms with Gasteiger partial charge in [-0.25, -0.2) is 29.9 Å². The molecule has 0 radical (unpaired) electrons. The summed E-state index contributed by atoms with van der Waals surface area (Å²) in [6.45, 7) is 0. The summed E-state index contributed by atoms with van der Waals surface area (Å²) in [5.41, 5.74) is 39.6. The van der Waals surface area contributed by atoms with Gasteiger partial charge in [0, 0.05) is 44.5 Å². The molecule has 7 heteroatoms. The fourth-order valence-electron chi connectivity index (χ4n) is 19.5. The third-order valence-electron chi connectivity index (χ3n) is 26.9. The molecule has 0 saturated heterocycles. The van der Waals surface area contributed by atoms with Gasteiger partial charge in [0.15, 0.2) is 34.9 Å². The molecule has 2 heterocycles. The number of ether oxygens (including phenoxy) is 1. The Morgan fingerprint density at radius 1 is 0.0897 bits per heavy atom. The molecule has 145 heavy (non-hydrogen) atoms. The zero-order chi connectivity index (χ0) is 96.6. The third kappa shape index (κ3) is 19.4. The van der Waals surface area contributed by atoms with E-state index in [9.17, 15) is 0 Å². The van der Waals surface area contributed by atoms with Crippen molar-refractivity contribution < 1.29 is 4.74 Å². The van der Waals surface area contributed by atoms with Crippen LogP contribution in [0, 0.1) is 0 Å². The zero-order valence-corrected chi connectivity index (χ0v) is 79.2. The maximum absolute atomic E-state index is 7.26. The number of aromatic nitrogens is 6. The Hall–Kier alpha value is -19.3. The minimum absolute atomic E-state index is 0.542. The Bertz CT molecular complexity index is 7740. The molecule has 0 N–H and O–H groups in total. The highest BCUT2D eigenvalue weighted by Crippen LogP contribution is 2.46. The number of nitrogens with zero attached hydrogens (tertiary/aromatic N) is 6. The monoisotopic (exact) mass is 1850 g/mol. The fraction of sp³-hybridized carbons (Fsp3) is 0. The summed E-state index contributed by atoms with van der Waals surface area (Å²) in [4.78, 5) is 32.8. The first-order valence-electron chi connectivity index (χ1n) is 49.0. The molecule has 0 unspecified atom stereocenters. The molecule has 680 valence electrons. The Morgan fingerprint density at radius 2 is 0.207 bits per heavy atom. The summed E-state index contributed by atoms with van der Waals surface area (Å²) < 4.78 is 7.26. The van der Waals surface area contributed by atoms with E-state index in [1.54, 1.807) is 0 Å². The predicted octanol–water partition coefficient (Wildman–Crippen LogP) is 36.5. The smallest absolute Gasteiger partial charge is 0.164 e. The van der Waals surface area contributed by atoms with Gasteiger partial charge in [-0.05, 0) is 300 Å². The third-order valence-corrected chi connectivity index (χ3v) is 26.9. The molecule has 0 atom stereocenters. The lowest BCUT2D eigenvalue weighted by molar-refractivity contribution is 0.486. The number of hydrogen-bond donors (Lipinski definition) is 0. The summed E-state index contributed by atoms with van der Waals surface area (Å²) >= 11 is 0. The maximum atomic E-state index is 7.26. The van der Waals surface area contributed by atoms with E-state index < -0.39 is 0 Å². The van der Waals surface area contributed by atoms with Crippen molar-refractivity contribution in [1.82, 2.24) is 29.9 Å². The Kier molecular flexibility index (Phi) is 24.5. The van der Waals surface area contributed by atoms with E-state index in [4.69, 9.17) is 34.6 Å². The van der Waals surface area contributed by atoms with Gasteiger partial charge in [-0.3, -0.25) is 0 Å². The number of benzene rings is 22. The van der Waals surface area contributed by atoms with E-state index in [2.05, 4.69) is 546 Å². The Labute approximate surface area is 844 Å². The normalized spacial score (nSPS) is 11.2. The Morgan fingerprint density at radius 3 is 0.386 bits per heavy atom. The van der Waals surface area contributed by atoms with Gasteiger partial charge in [-0.2, -0.15) is 0 Å². The van der Waals surface area contributed by atoms with Crippen LogP contribution in [0.15, 0.2) is 558 Å². The van der Waals surface area contributed by atoms with Crippen LogP contribution >= 0.6 is 0 Å². The second kappa shape index (κ2) is 40.2. The molecule has 24 rings (SSSR count). The van der Waals surface area contributed by atoms with Crippen LogP contribution in [0.2, 0.25) is 0 Å². The Balaban J connectivity index is 0.556. The van der Waals surface area contributed by atoms with Crippen LogP contribution in [0.3, 0.4) is 0 Å². The SMILES string of the molecule is c1ccc(-c2cc(-c3ccccc3)cc(-c3cccc(-c4nc(-c5cccc(-c6cc(-c7ccccc7)cc(-c7ccccc7)c6)c5)nc(-c5cccc(-c6cccc(-c7ccccc7Oc7ccccc7-c7cccc(-c8cccc(-c9nc(-c%10cccc(-c%11cc(-c%12ccccc%12)cc(-c%12ccccc%12)c%11)c%10)nc(-c%10cccc(-c%11cc(-c%12ccccc%12)cc(-c%12ccccc%12)c%11)c%10)n9)c8)c7)c6)c5)n4)c3)c2)cc1. The van der Waals surface area contributed by atoms with Crippen LogP contribution in [-0.4, -0.2) is 29.9 Å². The second-order valence-corrected chi connectivity index (χ2v) is 36.5. The zero-order valence-electron chi connectivity index (χ0n) is 79.2. The van der Waals surface area contributed by atoms with Crippen LogP contribution < -0.4 is 4.74 Å². The largest absolute Gasteiger partial charge is 0.456 e. The maximum Gasteiger partial charge on any atom is 0.164 e. The van der Waals surface area contributed by atoms with E-state index in [1.165, 1.54) is 0 Å². The summed E-state index contributed by atoms with van der Waals surface area (Å²) in [6.07, 6.45) is 0. The van der Waals surface area contributed by atoms with Gasteiger partial charge >= 0.3 is 0 Å². The fourth-order valence-corrected chi connectivity index (χ4v) is 19.5. The van der Waals surface area contributed by atoms with Crippen molar-refractivity contribution in [1.29, 1.82) is 0 Å². The van der Waals surface area contributed by atoms with Crippen LogP contribution in [0.25, 0.3) is 246 Å². The van der Waals surface area contributed by atoms with Gasteiger partial charge in [0.05, 0.1) is 0 Å².